The number of piperidine rings is 1. The predicted octanol–water partition coefficient (Wildman–Crippen LogP) is 7.18. The fourth-order valence-electron chi connectivity index (χ4n) is 8.28. The summed E-state index contributed by atoms with van der Waals surface area (Å²) in [5.74, 6) is -0.382. The number of likely N-dealkylation sites (tertiary alicyclic amines) is 1. The monoisotopic (exact) mass is 637 g/mol. The normalized spacial score (nSPS) is 26.7. The number of esters is 2. The van der Waals surface area contributed by atoms with Gasteiger partial charge in [0.1, 0.15) is 5.76 Å². The SMILES string of the molecule is CCCCCCCC/C=C\CCCCCCCC(=O)OC(C)C(=O)OC1=CC[C@@]2(O)[C@H]3Cc4ccc(O)c5c4[C@@]2(CCN3C)[C@H]1O5. The van der Waals surface area contributed by atoms with Gasteiger partial charge in [-0.1, -0.05) is 76.5 Å². The van der Waals surface area contributed by atoms with Crippen molar-refractivity contribution in [1.29, 1.82) is 0 Å². The number of unbranched alkanes of at least 4 members (excludes halogenated alkanes) is 11. The molecule has 0 amide bonds. The van der Waals surface area contributed by atoms with Crippen molar-refractivity contribution in [2.75, 3.05) is 13.6 Å². The maximum atomic E-state index is 13.1. The number of hydrogen-bond donors (Lipinski definition) is 2. The molecule has 4 aliphatic rings. The fraction of sp³-hybridized carbons (Fsp3) is 0.684. The van der Waals surface area contributed by atoms with E-state index >= 15 is 0 Å². The first kappa shape index (κ1) is 34.5. The Hall–Kier alpha value is -2.84. The molecule has 0 radical (unpaired) electrons. The van der Waals surface area contributed by atoms with Crippen LogP contribution in [0.25, 0.3) is 0 Å². The molecular weight excluding hydrogens is 582 g/mol. The molecule has 2 bridgehead atoms. The summed E-state index contributed by atoms with van der Waals surface area (Å²) in [7, 11) is 2.03. The molecule has 1 fully saturated rings. The van der Waals surface area contributed by atoms with Crippen LogP contribution in [0.5, 0.6) is 11.5 Å². The summed E-state index contributed by atoms with van der Waals surface area (Å²) >= 11 is 0. The van der Waals surface area contributed by atoms with Gasteiger partial charge in [0.25, 0.3) is 0 Å². The van der Waals surface area contributed by atoms with Gasteiger partial charge in [-0.2, -0.15) is 0 Å². The van der Waals surface area contributed by atoms with Crippen LogP contribution in [0.15, 0.2) is 36.1 Å². The zero-order chi connectivity index (χ0) is 32.7. The molecule has 2 heterocycles. The van der Waals surface area contributed by atoms with Gasteiger partial charge in [0.15, 0.2) is 23.7 Å². The molecule has 2 N–H and O–H groups in total. The van der Waals surface area contributed by atoms with E-state index in [9.17, 15) is 19.8 Å². The third kappa shape index (κ3) is 6.89. The van der Waals surface area contributed by atoms with Crippen molar-refractivity contribution >= 4 is 11.9 Å². The van der Waals surface area contributed by atoms with Gasteiger partial charge in [-0.15, -0.1) is 0 Å². The highest BCUT2D eigenvalue weighted by Gasteiger charge is 2.72. The first-order chi connectivity index (χ1) is 22.2. The van der Waals surface area contributed by atoms with Gasteiger partial charge in [0, 0.05) is 24.4 Å². The Labute approximate surface area is 275 Å². The van der Waals surface area contributed by atoms with Crippen LogP contribution < -0.4 is 4.74 Å². The van der Waals surface area contributed by atoms with Gasteiger partial charge >= 0.3 is 11.9 Å². The quantitative estimate of drug-likeness (QED) is 0.0991. The molecule has 5 atom stereocenters. The molecule has 5 rings (SSSR count). The number of phenolic OH excluding ortho intramolecular Hbond substituents is 1. The number of carbonyl (C=O) groups is 2. The molecule has 8 nitrogen and oxygen atoms in total. The number of phenols is 1. The summed E-state index contributed by atoms with van der Waals surface area (Å²) in [4.78, 5) is 27.8. The minimum Gasteiger partial charge on any atom is -0.504 e. The zero-order valence-corrected chi connectivity index (χ0v) is 28.2. The van der Waals surface area contributed by atoms with E-state index in [0.29, 0.717) is 30.8 Å². The van der Waals surface area contributed by atoms with Crippen LogP contribution in [0.2, 0.25) is 0 Å². The molecule has 8 heteroatoms. The van der Waals surface area contributed by atoms with Crippen LogP contribution in [0.3, 0.4) is 0 Å². The summed E-state index contributed by atoms with van der Waals surface area (Å²) < 4.78 is 17.6. The molecule has 1 aromatic rings. The molecular formula is C38H55NO7. The van der Waals surface area contributed by atoms with E-state index in [1.165, 1.54) is 58.3 Å². The Bertz CT molecular complexity index is 1290. The van der Waals surface area contributed by atoms with E-state index in [1.807, 2.05) is 13.1 Å². The van der Waals surface area contributed by atoms with Crippen molar-refractivity contribution in [3.05, 3.63) is 47.2 Å². The third-order valence-corrected chi connectivity index (χ3v) is 10.9. The molecule has 1 aromatic carbocycles. The molecule has 1 spiro atoms. The van der Waals surface area contributed by atoms with Gasteiger partial charge in [0.2, 0.25) is 0 Å². The number of aromatic hydroxyl groups is 1. The maximum absolute atomic E-state index is 13.1. The van der Waals surface area contributed by atoms with Crippen LogP contribution in [0, 0.1) is 0 Å². The molecule has 2 aliphatic heterocycles. The molecule has 46 heavy (non-hydrogen) atoms. The van der Waals surface area contributed by atoms with Crippen LogP contribution in [0.4, 0.5) is 0 Å². The van der Waals surface area contributed by atoms with Crippen molar-refractivity contribution in [3.8, 4) is 11.5 Å². The van der Waals surface area contributed by atoms with E-state index in [2.05, 4.69) is 24.0 Å². The second-order valence-corrected chi connectivity index (χ2v) is 14.0. The van der Waals surface area contributed by atoms with Crippen molar-refractivity contribution in [2.24, 2.45) is 0 Å². The average molecular weight is 638 g/mol. The largest absolute Gasteiger partial charge is 0.504 e. The Kier molecular flexibility index (Phi) is 11.5. The molecule has 2 aliphatic carbocycles. The van der Waals surface area contributed by atoms with E-state index < -0.39 is 35.2 Å². The van der Waals surface area contributed by atoms with Gasteiger partial charge in [-0.25, -0.2) is 4.79 Å². The smallest absolute Gasteiger partial charge is 0.352 e. The van der Waals surface area contributed by atoms with Gasteiger partial charge in [0.05, 0.1) is 11.0 Å². The number of likely N-dealkylation sites (N-methyl/N-ethyl adjacent to an activating group) is 1. The highest BCUT2D eigenvalue weighted by Crippen LogP contribution is 2.65. The lowest BCUT2D eigenvalue weighted by molar-refractivity contribution is -0.175. The van der Waals surface area contributed by atoms with E-state index in [4.69, 9.17) is 14.2 Å². The van der Waals surface area contributed by atoms with Crippen molar-refractivity contribution in [3.63, 3.8) is 0 Å². The van der Waals surface area contributed by atoms with Crippen LogP contribution in [-0.4, -0.2) is 64.5 Å². The van der Waals surface area contributed by atoms with Gasteiger partial charge < -0.3 is 29.3 Å². The zero-order valence-electron chi connectivity index (χ0n) is 28.2. The van der Waals surface area contributed by atoms with E-state index in [-0.39, 0.29) is 18.2 Å². The summed E-state index contributed by atoms with van der Waals surface area (Å²) in [6.07, 6.45) is 21.8. The second-order valence-electron chi connectivity index (χ2n) is 14.0. The van der Waals surface area contributed by atoms with E-state index in [1.54, 1.807) is 12.1 Å². The van der Waals surface area contributed by atoms with Gasteiger partial charge in [-0.05, 0) is 83.2 Å². The maximum Gasteiger partial charge on any atom is 0.352 e. The number of nitrogens with zero attached hydrogens (tertiary/aromatic N) is 1. The second kappa shape index (κ2) is 15.4. The lowest BCUT2D eigenvalue weighted by Crippen LogP contribution is -2.74. The molecule has 0 saturated carbocycles. The number of ether oxygens (including phenoxy) is 3. The Morgan fingerprint density at radius 3 is 2.43 bits per heavy atom. The predicted molar refractivity (Wildman–Crippen MR) is 178 cm³/mol. The fourth-order valence-corrected chi connectivity index (χ4v) is 8.28. The summed E-state index contributed by atoms with van der Waals surface area (Å²) in [5.41, 5.74) is -0.0818. The number of carbonyl (C=O) groups excluding carboxylic acids is 2. The lowest BCUT2D eigenvalue weighted by Gasteiger charge is -2.61. The first-order valence-electron chi connectivity index (χ1n) is 17.9. The van der Waals surface area contributed by atoms with Crippen molar-refractivity contribution in [2.45, 2.75) is 152 Å². The Balaban J connectivity index is 1.03. The van der Waals surface area contributed by atoms with Gasteiger partial charge in [-0.3, -0.25) is 4.79 Å². The lowest BCUT2D eigenvalue weighted by atomic mass is 9.50. The number of benzene rings is 1. The minimum absolute atomic E-state index is 0.0193. The summed E-state index contributed by atoms with van der Waals surface area (Å²) in [6, 6.07) is 3.42. The van der Waals surface area contributed by atoms with Crippen LogP contribution in [-0.2, 0) is 30.9 Å². The average Bonchev–Trinajstić information content (AvgIpc) is 3.40. The molecule has 1 saturated heterocycles. The summed E-state index contributed by atoms with van der Waals surface area (Å²) in [5, 5.41) is 22.9. The molecule has 1 unspecified atom stereocenters. The molecule has 0 aromatic heterocycles. The van der Waals surface area contributed by atoms with Crippen molar-refractivity contribution < 1.29 is 34.0 Å². The number of hydrogen-bond acceptors (Lipinski definition) is 8. The first-order valence-corrected chi connectivity index (χ1v) is 17.9. The number of allylic oxidation sites excluding steroid dienone is 2. The highest BCUT2D eigenvalue weighted by molar-refractivity contribution is 5.80. The molecule has 254 valence electrons. The van der Waals surface area contributed by atoms with Crippen molar-refractivity contribution in [1.82, 2.24) is 4.90 Å². The highest BCUT2D eigenvalue weighted by atomic mass is 16.6. The number of aliphatic hydroxyl groups is 1. The third-order valence-electron chi connectivity index (χ3n) is 10.9. The topological polar surface area (TPSA) is 106 Å². The number of rotatable bonds is 18. The van der Waals surface area contributed by atoms with Crippen LogP contribution in [0.1, 0.15) is 128 Å². The van der Waals surface area contributed by atoms with Crippen LogP contribution >= 0.6 is 0 Å². The Morgan fingerprint density at radius 2 is 1.72 bits per heavy atom. The standard InChI is InChI=1S/C38H55NO7/c1-4-5-6-7-8-9-10-11-12-13-14-15-16-17-18-19-32(41)44-27(2)36(42)45-30-22-23-38(43)31-26-28-20-21-29(40)34-33(28)37(38,35(30)46-34)24-25-39(31)3/h11-12,20-22,27,31,35,40,43H,4-10,13-19,23-26H2,1-3H3/b12-11-/t27?,31-,35+,37+,38-/m1/s1. The summed E-state index contributed by atoms with van der Waals surface area (Å²) in [6.45, 7) is 4.52. The minimum atomic E-state index is -1.13. The Morgan fingerprint density at radius 1 is 1.04 bits per heavy atom. The van der Waals surface area contributed by atoms with E-state index in [0.717, 1.165) is 49.8 Å².